The number of nitrogens with zero attached hydrogens (tertiary/aromatic N) is 3. The number of para-hydroxylation sites is 1. The molecule has 36 heavy (non-hydrogen) atoms. The van der Waals surface area contributed by atoms with Crippen LogP contribution in [-0.4, -0.2) is 54.7 Å². The Hall–Kier alpha value is -3.82. The van der Waals surface area contributed by atoms with E-state index >= 15 is 0 Å². The molecule has 2 heterocycles. The highest BCUT2D eigenvalue weighted by Crippen LogP contribution is 2.28. The molecule has 3 aromatic rings. The molecule has 0 fully saturated rings. The van der Waals surface area contributed by atoms with Crippen molar-refractivity contribution < 1.29 is 9.47 Å². The van der Waals surface area contributed by atoms with E-state index in [0.717, 1.165) is 59.2 Å². The summed E-state index contributed by atoms with van der Waals surface area (Å²) in [6.45, 7) is 8.41. The van der Waals surface area contributed by atoms with Gasteiger partial charge in [0.2, 0.25) is 5.79 Å². The fraction of sp³-hybridized carbons (Fsp3) is 0.333. The van der Waals surface area contributed by atoms with Gasteiger partial charge in [-0.2, -0.15) is 5.10 Å². The van der Waals surface area contributed by atoms with Gasteiger partial charge in [0, 0.05) is 47.8 Å². The van der Waals surface area contributed by atoms with Crippen molar-refractivity contribution in [3.8, 4) is 11.5 Å². The van der Waals surface area contributed by atoms with Gasteiger partial charge in [0.25, 0.3) is 0 Å². The Morgan fingerprint density at radius 2 is 1.86 bits per heavy atom. The second kappa shape index (κ2) is 11.7. The molecule has 9 heteroatoms. The third-order valence-corrected chi connectivity index (χ3v) is 6.30. The predicted octanol–water partition coefficient (Wildman–Crippen LogP) is 3.04. The summed E-state index contributed by atoms with van der Waals surface area (Å²) >= 11 is 0. The number of methoxy groups -OCH3 is 1. The van der Waals surface area contributed by atoms with Crippen molar-refractivity contribution in [1.29, 1.82) is 0 Å². The van der Waals surface area contributed by atoms with Gasteiger partial charge in [-0.15, -0.1) is 0 Å². The van der Waals surface area contributed by atoms with Crippen LogP contribution in [0.25, 0.3) is 5.57 Å². The molecule has 5 N–H and O–H groups in total. The third-order valence-electron chi connectivity index (χ3n) is 6.30. The van der Waals surface area contributed by atoms with Crippen molar-refractivity contribution in [3.63, 3.8) is 0 Å². The molecule has 0 saturated heterocycles. The van der Waals surface area contributed by atoms with E-state index in [1.54, 1.807) is 19.5 Å². The zero-order chi connectivity index (χ0) is 25.4. The van der Waals surface area contributed by atoms with Gasteiger partial charge in [-0.25, -0.2) is 4.99 Å². The smallest absolute Gasteiger partial charge is 0.210 e. The average Bonchev–Trinajstić information content (AvgIpc) is 3.45. The van der Waals surface area contributed by atoms with Crippen molar-refractivity contribution in [3.05, 3.63) is 83.4 Å². The third kappa shape index (κ3) is 5.87. The highest BCUT2D eigenvalue weighted by molar-refractivity contribution is 6.11. The Morgan fingerprint density at radius 1 is 1.08 bits per heavy atom. The maximum absolute atomic E-state index is 6.76. The van der Waals surface area contributed by atoms with Crippen LogP contribution in [-0.2, 0) is 12.3 Å². The fourth-order valence-corrected chi connectivity index (χ4v) is 4.09. The molecule has 0 bridgehead atoms. The molecule has 9 nitrogen and oxygen atoms in total. The number of benzene rings is 2. The van der Waals surface area contributed by atoms with Crippen LogP contribution in [0.15, 0.2) is 71.7 Å². The lowest BCUT2D eigenvalue weighted by molar-refractivity contribution is 0.222. The molecule has 1 atom stereocenters. The molecular weight excluding hydrogens is 454 g/mol. The second-order valence-electron chi connectivity index (χ2n) is 8.49. The topological polar surface area (TPSA) is 113 Å². The maximum atomic E-state index is 6.76. The SMILES string of the molecule is CCN(CC)CCOc1ccc(C2(N)N=CC(c3cn[nH]c3)=C(NCc3ccccc3OC)N2)cc1. The van der Waals surface area contributed by atoms with Crippen LogP contribution < -0.4 is 25.8 Å². The standard InChI is InChI=1S/C27H35N7O2/c1-4-34(5-2)14-15-36-23-12-10-22(11-13-23)27(28)30-19-24(21-17-31-32-18-21)26(33-27)29-16-20-8-6-7-9-25(20)35-3/h6-13,17-19,29,33H,4-5,14-16,28H2,1-3H3,(H,31,32). The molecule has 1 aromatic heterocycles. The number of aliphatic imine (C=N–C) groups is 1. The van der Waals surface area contributed by atoms with Crippen molar-refractivity contribution in [1.82, 2.24) is 25.7 Å². The molecule has 190 valence electrons. The summed E-state index contributed by atoms with van der Waals surface area (Å²) in [5.41, 5.74) is 10.4. The summed E-state index contributed by atoms with van der Waals surface area (Å²) in [7, 11) is 1.67. The molecule has 0 saturated carbocycles. The van der Waals surface area contributed by atoms with E-state index in [0.29, 0.717) is 13.2 Å². The Morgan fingerprint density at radius 3 is 2.56 bits per heavy atom. The van der Waals surface area contributed by atoms with Gasteiger partial charge >= 0.3 is 0 Å². The number of nitrogens with two attached hydrogens (primary N) is 1. The van der Waals surface area contributed by atoms with E-state index in [4.69, 9.17) is 15.2 Å². The summed E-state index contributed by atoms with van der Waals surface area (Å²) in [4.78, 5) is 7.00. The first-order valence-corrected chi connectivity index (χ1v) is 12.2. The zero-order valence-corrected chi connectivity index (χ0v) is 21.1. The van der Waals surface area contributed by atoms with Gasteiger partial charge in [-0.1, -0.05) is 32.0 Å². The lowest BCUT2D eigenvalue weighted by Gasteiger charge is -2.34. The summed E-state index contributed by atoms with van der Waals surface area (Å²) in [5, 5.41) is 13.8. The molecule has 1 aliphatic heterocycles. The number of nitrogens with one attached hydrogen (secondary N) is 3. The Labute approximate surface area is 212 Å². The molecule has 0 aliphatic carbocycles. The van der Waals surface area contributed by atoms with Crippen LogP contribution in [0, 0.1) is 0 Å². The lowest BCUT2D eigenvalue weighted by atomic mass is 10.0. The predicted molar refractivity (Wildman–Crippen MR) is 143 cm³/mol. The molecule has 0 radical (unpaired) electrons. The van der Waals surface area contributed by atoms with Gasteiger partial charge in [0.1, 0.15) is 23.9 Å². The highest BCUT2D eigenvalue weighted by Gasteiger charge is 2.31. The number of H-pyrrole nitrogens is 1. The summed E-state index contributed by atoms with van der Waals surface area (Å²) in [5.74, 6) is 1.23. The van der Waals surface area contributed by atoms with E-state index < -0.39 is 5.79 Å². The minimum Gasteiger partial charge on any atom is -0.496 e. The van der Waals surface area contributed by atoms with Crippen molar-refractivity contribution in [2.45, 2.75) is 26.2 Å². The number of allylic oxidation sites excluding steroid dienone is 1. The van der Waals surface area contributed by atoms with Crippen molar-refractivity contribution in [2.24, 2.45) is 10.7 Å². The molecule has 0 amide bonds. The minimum absolute atomic E-state index is 0.539. The Kier molecular flexibility index (Phi) is 8.24. The highest BCUT2D eigenvalue weighted by atomic mass is 16.5. The lowest BCUT2D eigenvalue weighted by Crippen LogP contribution is -2.52. The number of aromatic nitrogens is 2. The van der Waals surface area contributed by atoms with E-state index in [1.807, 2.05) is 54.7 Å². The normalized spacial score (nSPS) is 17.2. The Bertz CT molecular complexity index is 1170. The van der Waals surface area contributed by atoms with Crippen LogP contribution in [0.5, 0.6) is 11.5 Å². The van der Waals surface area contributed by atoms with E-state index in [1.165, 1.54) is 0 Å². The fourth-order valence-electron chi connectivity index (χ4n) is 4.09. The van der Waals surface area contributed by atoms with Crippen LogP contribution >= 0.6 is 0 Å². The van der Waals surface area contributed by atoms with Gasteiger partial charge in [0.05, 0.1) is 13.3 Å². The summed E-state index contributed by atoms with van der Waals surface area (Å²) < 4.78 is 11.4. The molecular formula is C27H35N7O2. The molecule has 2 aromatic carbocycles. The van der Waals surface area contributed by atoms with E-state index in [2.05, 4.69) is 44.6 Å². The first-order chi connectivity index (χ1) is 17.6. The maximum Gasteiger partial charge on any atom is 0.210 e. The molecule has 1 unspecified atom stereocenters. The molecule has 1 aliphatic rings. The number of likely N-dealkylation sites (N-methyl/N-ethyl adjacent to an activating group) is 1. The minimum atomic E-state index is -1.14. The summed E-state index contributed by atoms with van der Waals surface area (Å²) in [6.07, 6.45) is 5.35. The monoisotopic (exact) mass is 489 g/mol. The number of hydrogen-bond donors (Lipinski definition) is 4. The van der Waals surface area contributed by atoms with Gasteiger partial charge < -0.3 is 25.0 Å². The zero-order valence-electron chi connectivity index (χ0n) is 21.1. The molecule has 4 rings (SSSR count). The van der Waals surface area contributed by atoms with Crippen molar-refractivity contribution in [2.75, 3.05) is 33.4 Å². The van der Waals surface area contributed by atoms with Crippen LogP contribution in [0.1, 0.15) is 30.5 Å². The molecule has 0 spiro atoms. The second-order valence-corrected chi connectivity index (χ2v) is 8.49. The number of rotatable bonds is 12. The quantitative estimate of drug-likeness (QED) is 0.309. The Balaban J connectivity index is 1.50. The van der Waals surface area contributed by atoms with Crippen molar-refractivity contribution >= 4 is 11.8 Å². The first kappa shape index (κ1) is 25.3. The van der Waals surface area contributed by atoms with Crippen LogP contribution in [0.2, 0.25) is 0 Å². The van der Waals surface area contributed by atoms with E-state index in [-0.39, 0.29) is 0 Å². The largest absolute Gasteiger partial charge is 0.496 e. The number of aromatic amines is 1. The van der Waals surface area contributed by atoms with E-state index in [9.17, 15) is 0 Å². The van der Waals surface area contributed by atoms with Gasteiger partial charge in [-0.05, 0) is 43.4 Å². The summed E-state index contributed by atoms with van der Waals surface area (Å²) in [6, 6.07) is 15.6. The first-order valence-electron chi connectivity index (χ1n) is 12.2. The van der Waals surface area contributed by atoms with Crippen LogP contribution in [0.3, 0.4) is 0 Å². The van der Waals surface area contributed by atoms with Gasteiger partial charge in [0.15, 0.2) is 0 Å². The van der Waals surface area contributed by atoms with Crippen LogP contribution in [0.4, 0.5) is 0 Å². The number of hydrogen-bond acceptors (Lipinski definition) is 8. The van der Waals surface area contributed by atoms with Gasteiger partial charge in [-0.3, -0.25) is 10.8 Å². The average molecular weight is 490 g/mol. The number of ether oxygens (including phenoxy) is 2.